The van der Waals surface area contributed by atoms with Gasteiger partial charge in [0.05, 0.1) is 11.1 Å². The van der Waals surface area contributed by atoms with Crippen LogP contribution in [0.5, 0.6) is 5.75 Å². The molecule has 0 spiro atoms. The Morgan fingerprint density at radius 1 is 1.00 bits per heavy atom. The molecule has 13 heteroatoms. The van der Waals surface area contributed by atoms with Crippen LogP contribution in [0.2, 0.25) is 0 Å². The number of sulfonamides is 1. The summed E-state index contributed by atoms with van der Waals surface area (Å²) in [4.78, 5) is 23.7. The van der Waals surface area contributed by atoms with E-state index in [0.717, 1.165) is 16.4 Å². The molecule has 0 aliphatic rings. The van der Waals surface area contributed by atoms with Crippen LogP contribution in [0.25, 0.3) is 0 Å². The molecule has 0 aliphatic carbocycles. The summed E-state index contributed by atoms with van der Waals surface area (Å²) in [5.74, 6) is -1.67. The number of nitrogens with one attached hydrogen (secondary N) is 1. The first-order chi connectivity index (χ1) is 18.0. The highest BCUT2D eigenvalue weighted by atomic mass is 32.2. The maximum Gasteiger partial charge on any atom is 0.414 e. The van der Waals surface area contributed by atoms with E-state index >= 15 is 0 Å². The van der Waals surface area contributed by atoms with Gasteiger partial charge in [-0.25, -0.2) is 27.0 Å². The van der Waals surface area contributed by atoms with Crippen molar-refractivity contribution in [2.45, 2.75) is 25.7 Å². The summed E-state index contributed by atoms with van der Waals surface area (Å²) in [6, 6.07) is 8.89. The van der Waals surface area contributed by atoms with Crippen LogP contribution in [-0.2, 0) is 10.0 Å². The zero-order chi connectivity index (χ0) is 28.0. The van der Waals surface area contributed by atoms with E-state index in [1.54, 1.807) is 45.3 Å². The maximum absolute atomic E-state index is 13.9. The topological polar surface area (TPSA) is 108 Å². The van der Waals surface area contributed by atoms with Crippen LogP contribution in [0, 0.1) is 11.6 Å². The Bertz CT molecular complexity index is 1400. The quantitative estimate of drug-likeness (QED) is 0.391. The number of nitrogens with zero attached hydrogens (tertiary/aromatic N) is 5. The molecule has 0 radical (unpaired) electrons. The minimum Gasteiger partial charge on any atom is -0.410 e. The fraction of sp³-hybridized carbons (Fsp3) is 0.320. The van der Waals surface area contributed by atoms with Gasteiger partial charge in [0, 0.05) is 45.5 Å². The van der Waals surface area contributed by atoms with E-state index in [1.807, 2.05) is 18.7 Å². The average Bonchev–Trinajstić information content (AvgIpc) is 2.88. The Labute approximate surface area is 220 Å². The van der Waals surface area contributed by atoms with Crippen LogP contribution >= 0.6 is 0 Å². The predicted octanol–water partition coefficient (Wildman–Crippen LogP) is 4.62. The minimum absolute atomic E-state index is 0.0511. The van der Waals surface area contributed by atoms with Crippen LogP contribution in [0.3, 0.4) is 0 Å². The predicted molar refractivity (Wildman–Crippen MR) is 142 cm³/mol. The molecule has 0 aliphatic heterocycles. The molecule has 2 aromatic carbocycles. The zero-order valence-electron chi connectivity index (χ0n) is 21.8. The highest BCUT2D eigenvalue weighted by molar-refractivity contribution is 7.92. The van der Waals surface area contributed by atoms with Crippen molar-refractivity contribution in [1.82, 2.24) is 14.9 Å². The molecule has 1 aromatic heterocycles. The van der Waals surface area contributed by atoms with Crippen molar-refractivity contribution in [3.05, 3.63) is 60.3 Å². The van der Waals surface area contributed by atoms with E-state index in [9.17, 15) is 22.0 Å². The molecule has 204 valence electrons. The van der Waals surface area contributed by atoms with Crippen molar-refractivity contribution in [2.24, 2.45) is 0 Å². The van der Waals surface area contributed by atoms with Crippen molar-refractivity contribution in [3.63, 3.8) is 0 Å². The molecule has 1 N–H and O–H groups in total. The lowest BCUT2D eigenvalue weighted by Crippen LogP contribution is -2.32. The number of ether oxygens (including phenoxy) is 1. The minimum atomic E-state index is -4.32. The molecule has 38 heavy (non-hydrogen) atoms. The number of halogens is 2. The zero-order valence-corrected chi connectivity index (χ0v) is 22.6. The third-order valence-electron chi connectivity index (χ3n) is 5.51. The van der Waals surface area contributed by atoms with Crippen LogP contribution in [0.1, 0.15) is 20.8 Å². The van der Waals surface area contributed by atoms with Crippen molar-refractivity contribution in [3.8, 4) is 5.75 Å². The number of carbonyl (C=O) groups excluding carboxylic acids is 1. The van der Waals surface area contributed by atoms with Crippen LogP contribution in [-0.4, -0.2) is 63.1 Å². The van der Waals surface area contributed by atoms with Gasteiger partial charge in [-0.2, -0.15) is 4.98 Å². The Morgan fingerprint density at radius 2 is 1.71 bits per heavy atom. The van der Waals surface area contributed by atoms with Crippen molar-refractivity contribution < 1.29 is 26.7 Å². The van der Waals surface area contributed by atoms with E-state index in [2.05, 4.69) is 15.3 Å². The summed E-state index contributed by atoms with van der Waals surface area (Å²) in [6.07, 6.45) is 0.795. The van der Waals surface area contributed by atoms with Crippen LogP contribution in [0.4, 0.5) is 36.7 Å². The Kier molecular flexibility index (Phi) is 9.04. The molecule has 3 rings (SSSR count). The summed E-state index contributed by atoms with van der Waals surface area (Å²) in [5.41, 5.74) is 0.546. The normalized spacial score (nSPS) is 11.1. The first kappa shape index (κ1) is 28.6. The summed E-state index contributed by atoms with van der Waals surface area (Å²) >= 11 is 0. The number of benzene rings is 2. The highest BCUT2D eigenvalue weighted by Gasteiger charge is 2.28. The molecule has 0 unspecified atom stereocenters. The molecular weight excluding hydrogens is 518 g/mol. The molecule has 0 fully saturated rings. The molecule has 0 atom stereocenters. The van der Waals surface area contributed by atoms with Crippen LogP contribution in [0.15, 0.2) is 53.6 Å². The average molecular weight is 549 g/mol. The number of hydrogen-bond donors (Lipinski definition) is 1. The highest BCUT2D eigenvalue weighted by Crippen LogP contribution is 2.33. The molecule has 1 amide bonds. The van der Waals surface area contributed by atoms with Gasteiger partial charge in [0.15, 0.2) is 17.5 Å². The summed E-state index contributed by atoms with van der Waals surface area (Å²) in [7, 11) is -1.21. The van der Waals surface area contributed by atoms with Gasteiger partial charge in [-0.3, -0.25) is 4.31 Å². The largest absolute Gasteiger partial charge is 0.414 e. The van der Waals surface area contributed by atoms with Gasteiger partial charge in [0.2, 0.25) is 5.95 Å². The first-order valence-corrected chi connectivity index (χ1v) is 13.3. The fourth-order valence-corrected chi connectivity index (χ4v) is 4.98. The van der Waals surface area contributed by atoms with Gasteiger partial charge in [-0.05, 0) is 51.1 Å². The van der Waals surface area contributed by atoms with Gasteiger partial charge in [-0.15, -0.1) is 0 Å². The standard InChI is InChI=1S/C25H30F2N6O4S/c1-6-32(7-2)24-28-16-22(33(8-3)38(35,36)19-12-13-20(26)21(27)15-19)23(30-24)29-17-10-9-11-18(14-17)37-25(34)31(4)5/h9-16H,6-8H2,1-5H3,(H,28,29,30). The Hall–Kier alpha value is -4.00. The number of hydrogen-bond acceptors (Lipinski definition) is 8. The summed E-state index contributed by atoms with van der Waals surface area (Å²) < 4.78 is 60.7. The SMILES string of the molecule is CCN(CC)c1ncc(N(CC)S(=O)(=O)c2ccc(F)c(F)c2)c(Nc2cccc(OC(=O)N(C)C)c2)n1. The Morgan fingerprint density at radius 3 is 2.32 bits per heavy atom. The Balaban J connectivity index is 2.10. The van der Waals surface area contributed by atoms with Gasteiger partial charge in [-0.1, -0.05) is 6.07 Å². The second-order valence-corrected chi connectivity index (χ2v) is 10.1. The number of anilines is 4. The number of carbonyl (C=O) groups is 1. The van der Waals surface area contributed by atoms with Crippen molar-refractivity contribution in [2.75, 3.05) is 48.3 Å². The molecule has 1 heterocycles. The molecule has 10 nitrogen and oxygen atoms in total. The fourth-order valence-electron chi connectivity index (χ4n) is 3.50. The number of rotatable bonds is 10. The second kappa shape index (κ2) is 12.0. The number of amides is 1. The molecule has 0 bridgehead atoms. The van der Waals surface area contributed by atoms with E-state index in [-0.39, 0.29) is 23.8 Å². The van der Waals surface area contributed by atoms with E-state index in [0.29, 0.717) is 30.8 Å². The van der Waals surface area contributed by atoms with Gasteiger partial charge < -0.3 is 19.9 Å². The third-order valence-corrected chi connectivity index (χ3v) is 7.39. The monoisotopic (exact) mass is 548 g/mol. The summed E-state index contributed by atoms with van der Waals surface area (Å²) in [6.45, 7) is 6.63. The molecule has 3 aromatic rings. The first-order valence-electron chi connectivity index (χ1n) is 11.9. The maximum atomic E-state index is 13.9. The third kappa shape index (κ3) is 6.28. The number of aromatic nitrogens is 2. The molecular formula is C25H30F2N6O4S. The summed E-state index contributed by atoms with van der Waals surface area (Å²) in [5, 5.41) is 3.09. The van der Waals surface area contributed by atoms with E-state index < -0.39 is 32.6 Å². The van der Waals surface area contributed by atoms with Crippen molar-refractivity contribution >= 4 is 39.3 Å². The lowest BCUT2D eigenvalue weighted by atomic mass is 10.3. The molecule has 0 saturated carbocycles. The lowest BCUT2D eigenvalue weighted by molar-refractivity contribution is 0.172. The molecule has 0 saturated heterocycles. The van der Waals surface area contributed by atoms with E-state index in [4.69, 9.17) is 4.74 Å². The smallest absolute Gasteiger partial charge is 0.410 e. The van der Waals surface area contributed by atoms with Gasteiger partial charge in [0.25, 0.3) is 10.0 Å². The van der Waals surface area contributed by atoms with Crippen LogP contribution < -0.4 is 19.3 Å². The lowest BCUT2D eigenvalue weighted by Gasteiger charge is -2.26. The van der Waals surface area contributed by atoms with Crippen molar-refractivity contribution in [1.29, 1.82) is 0 Å². The van der Waals surface area contributed by atoms with E-state index in [1.165, 1.54) is 11.1 Å². The van der Waals surface area contributed by atoms with Gasteiger partial charge >= 0.3 is 6.09 Å². The second-order valence-electron chi connectivity index (χ2n) is 8.24. The van der Waals surface area contributed by atoms with Gasteiger partial charge in [0.1, 0.15) is 11.4 Å².